The van der Waals surface area contributed by atoms with Crippen molar-refractivity contribution in [2.24, 2.45) is 5.92 Å². The van der Waals surface area contributed by atoms with E-state index < -0.39 is 85.7 Å². The second kappa shape index (κ2) is 11.9. The number of rotatable bonds is 9. The van der Waals surface area contributed by atoms with Crippen LogP contribution in [0.3, 0.4) is 0 Å². The maximum Gasteiger partial charge on any atom is 0.422 e. The number of fused-ring (bicyclic) bond motifs is 3. The summed E-state index contributed by atoms with van der Waals surface area (Å²) in [7, 11) is -8.80. The lowest BCUT2D eigenvalue weighted by Crippen LogP contribution is -2.57. The second-order valence-electron chi connectivity index (χ2n) is 10.5. The van der Waals surface area contributed by atoms with Crippen molar-refractivity contribution in [2.75, 3.05) is 26.4 Å². The molecule has 0 spiro atoms. The lowest BCUT2D eigenvalue weighted by atomic mass is 9.75. The smallest absolute Gasteiger partial charge is 0.422 e. The number of ether oxygens (including phenoxy) is 3. The van der Waals surface area contributed by atoms with Crippen molar-refractivity contribution in [3.63, 3.8) is 0 Å². The van der Waals surface area contributed by atoms with Gasteiger partial charge in [-0.2, -0.15) is 21.6 Å². The van der Waals surface area contributed by atoms with Crippen LogP contribution in [-0.2, 0) is 33.6 Å². The van der Waals surface area contributed by atoms with Gasteiger partial charge in [0.05, 0.1) is 34.7 Å². The molecule has 0 N–H and O–H groups in total. The van der Waals surface area contributed by atoms with Crippen LogP contribution >= 0.6 is 0 Å². The van der Waals surface area contributed by atoms with Gasteiger partial charge in [0.2, 0.25) is 0 Å². The van der Waals surface area contributed by atoms with Crippen LogP contribution < -0.4 is 9.47 Å². The molecule has 1 saturated heterocycles. The number of aryl methyl sites for hydroxylation is 1. The molecule has 0 aromatic heterocycles. The predicted molar refractivity (Wildman–Crippen MR) is 145 cm³/mol. The van der Waals surface area contributed by atoms with Crippen molar-refractivity contribution in [3.05, 3.63) is 83.4 Å². The van der Waals surface area contributed by atoms with Gasteiger partial charge in [0, 0.05) is 12.5 Å². The van der Waals surface area contributed by atoms with Crippen molar-refractivity contribution in [1.82, 2.24) is 0 Å². The highest BCUT2D eigenvalue weighted by molar-refractivity contribution is 7.92. The monoisotopic (exact) mass is 662 g/mol. The molecule has 2 aliphatic heterocycles. The van der Waals surface area contributed by atoms with Crippen LogP contribution in [0.5, 0.6) is 11.5 Å². The van der Waals surface area contributed by atoms with E-state index >= 15 is 4.39 Å². The maximum atomic E-state index is 15.6. The van der Waals surface area contributed by atoms with Gasteiger partial charge in [-0.25, -0.2) is 17.2 Å². The first-order valence-corrected chi connectivity index (χ1v) is 16.3. The molecule has 0 bridgehead atoms. The van der Waals surface area contributed by atoms with E-state index in [1.54, 1.807) is 19.1 Å². The fourth-order valence-corrected chi connectivity index (χ4v) is 8.91. The summed E-state index contributed by atoms with van der Waals surface area (Å²) in [6.45, 7) is -0.881. The quantitative estimate of drug-likeness (QED) is 0.219. The fourth-order valence-electron chi connectivity index (χ4n) is 5.65. The molecule has 2 heterocycles. The van der Waals surface area contributed by atoms with Crippen LogP contribution in [-0.4, -0.2) is 55.5 Å². The third kappa shape index (κ3) is 6.02. The Morgan fingerprint density at radius 1 is 0.909 bits per heavy atom. The van der Waals surface area contributed by atoms with E-state index in [-0.39, 0.29) is 35.0 Å². The van der Waals surface area contributed by atoms with Crippen LogP contribution in [0.1, 0.15) is 24.0 Å². The SMILES string of the molecule is Cc1ccc(S(=O)(=O)OCC[C@@H]2OCC[C@@]3(S(=O)(=O)c4ccc(OCC(F)(F)F)cc4)c4c(F)ccc(F)c4OCC23)cc1. The zero-order chi connectivity index (χ0) is 31.9. The first-order valence-electron chi connectivity index (χ1n) is 13.4. The molecule has 3 aromatic rings. The molecule has 0 amide bonds. The lowest BCUT2D eigenvalue weighted by molar-refractivity contribution is -0.153. The minimum absolute atomic E-state index is 0.0836. The Morgan fingerprint density at radius 3 is 2.20 bits per heavy atom. The molecule has 0 aliphatic carbocycles. The van der Waals surface area contributed by atoms with E-state index in [4.69, 9.17) is 13.7 Å². The van der Waals surface area contributed by atoms with Gasteiger partial charge < -0.3 is 14.2 Å². The third-order valence-corrected chi connectivity index (χ3v) is 11.6. The van der Waals surface area contributed by atoms with Crippen molar-refractivity contribution in [3.8, 4) is 11.5 Å². The standard InChI is InChI=1S/C29H27F5O8S2/c1-18-2-6-21(7-3-18)44(37,38)42-14-12-25-22-16-40-27-24(31)11-10-23(30)26(27)28(22,13-15-39-25)43(35,36)20-8-4-19(5-9-20)41-17-29(32,33)34/h2-11,22,25H,12-17H2,1H3/t22?,25-,28-/m0/s1. The molecule has 15 heteroatoms. The number of hydrogen-bond acceptors (Lipinski definition) is 8. The predicted octanol–water partition coefficient (Wildman–Crippen LogP) is 5.48. The summed E-state index contributed by atoms with van der Waals surface area (Å²) in [6.07, 6.45) is -6.11. The van der Waals surface area contributed by atoms with Gasteiger partial charge in [0.15, 0.2) is 28.0 Å². The Labute approximate surface area is 250 Å². The lowest BCUT2D eigenvalue weighted by Gasteiger charge is -2.50. The maximum absolute atomic E-state index is 15.6. The highest BCUT2D eigenvalue weighted by Crippen LogP contribution is 2.56. The highest BCUT2D eigenvalue weighted by Gasteiger charge is 2.61. The van der Waals surface area contributed by atoms with Gasteiger partial charge >= 0.3 is 6.18 Å². The molecule has 1 fully saturated rings. The summed E-state index contributed by atoms with van der Waals surface area (Å²) in [5, 5.41) is 0. The third-order valence-electron chi connectivity index (χ3n) is 7.71. The van der Waals surface area contributed by atoms with E-state index in [1.807, 2.05) is 0 Å². The normalized spacial score (nSPS) is 22.0. The Balaban J connectivity index is 1.49. The van der Waals surface area contributed by atoms with Crippen LogP contribution in [0.25, 0.3) is 0 Å². The van der Waals surface area contributed by atoms with E-state index in [2.05, 4.69) is 4.74 Å². The minimum Gasteiger partial charge on any atom is -0.490 e. The van der Waals surface area contributed by atoms with Crippen LogP contribution in [0, 0.1) is 24.5 Å². The zero-order valence-corrected chi connectivity index (χ0v) is 24.8. The van der Waals surface area contributed by atoms with Crippen molar-refractivity contribution < 1.29 is 57.2 Å². The summed E-state index contributed by atoms with van der Waals surface area (Å²) < 4.78 is 142. The summed E-state index contributed by atoms with van der Waals surface area (Å²) in [5.41, 5.74) is 0.300. The second-order valence-corrected chi connectivity index (χ2v) is 14.3. The molecular weight excluding hydrogens is 635 g/mol. The number of halogens is 5. The topological polar surface area (TPSA) is 105 Å². The van der Waals surface area contributed by atoms with Gasteiger partial charge in [0.25, 0.3) is 10.1 Å². The highest BCUT2D eigenvalue weighted by atomic mass is 32.2. The Kier molecular flexibility index (Phi) is 8.70. The number of benzene rings is 3. The molecule has 238 valence electrons. The van der Waals surface area contributed by atoms with Crippen LogP contribution in [0.2, 0.25) is 0 Å². The van der Waals surface area contributed by atoms with E-state index in [0.717, 1.165) is 42.0 Å². The van der Waals surface area contributed by atoms with E-state index in [0.29, 0.717) is 0 Å². The molecule has 3 atom stereocenters. The Bertz CT molecular complexity index is 1730. The van der Waals surface area contributed by atoms with E-state index in [1.165, 1.54) is 12.1 Å². The van der Waals surface area contributed by atoms with E-state index in [9.17, 15) is 34.4 Å². The summed E-state index contributed by atoms with van der Waals surface area (Å²) in [5.74, 6) is -4.01. The average molecular weight is 663 g/mol. The number of alkyl halides is 3. The van der Waals surface area contributed by atoms with Crippen molar-refractivity contribution >= 4 is 20.0 Å². The minimum atomic E-state index is -4.63. The summed E-state index contributed by atoms with van der Waals surface area (Å²) in [6, 6.07) is 11.7. The van der Waals surface area contributed by atoms with Crippen LogP contribution in [0.4, 0.5) is 22.0 Å². The zero-order valence-electron chi connectivity index (χ0n) is 23.1. The molecule has 3 aromatic carbocycles. The molecular formula is C29H27F5O8S2. The first kappa shape index (κ1) is 32.1. The van der Waals surface area contributed by atoms with Gasteiger partial charge in [-0.15, -0.1) is 0 Å². The van der Waals surface area contributed by atoms with Crippen LogP contribution in [0.15, 0.2) is 70.5 Å². The average Bonchev–Trinajstić information content (AvgIpc) is 2.97. The van der Waals surface area contributed by atoms with Crippen molar-refractivity contribution in [2.45, 2.75) is 46.6 Å². The van der Waals surface area contributed by atoms with Gasteiger partial charge in [-0.1, -0.05) is 17.7 Å². The molecule has 0 saturated carbocycles. The van der Waals surface area contributed by atoms with Crippen molar-refractivity contribution in [1.29, 1.82) is 0 Å². The fraction of sp³-hybridized carbons (Fsp3) is 0.379. The summed E-state index contributed by atoms with van der Waals surface area (Å²) >= 11 is 0. The number of sulfone groups is 1. The molecule has 2 aliphatic rings. The molecule has 0 radical (unpaired) electrons. The van der Waals surface area contributed by atoms with Gasteiger partial charge in [0.1, 0.15) is 16.3 Å². The molecule has 44 heavy (non-hydrogen) atoms. The largest absolute Gasteiger partial charge is 0.490 e. The molecule has 5 rings (SSSR count). The Morgan fingerprint density at radius 2 is 1.55 bits per heavy atom. The molecule has 8 nitrogen and oxygen atoms in total. The van der Waals surface area contributed by atoms with Gasteiger partial charge in [-0.3, -0.25) is 4.18 Å². The summed E-state index contributed by atoms with van der Waals surface area (Å²) in [4.78, 5) is -0.461. The Hall–Kier alpha value is -3.27. The first-order chi connectivity index (χ1) is 20.7. The number of hydrogen-bond donors (Lipinski definition) is 0. The van der Waals surface area contributed by atoms with Gasteiger partial charge in [-0.05, 0) is 68.3 Å². The molecule has 1 unspecified atom stereocenters.